The number of ketones is 3. The summed E-state index contributed by atoms with van der Waals surface area (Å²) >= 11 is 0. The van der Waals surface area contributed by atoms with Gasteiger partial charge in [0.15, 0.2) is 17.3 Å². The predicted octanol–water partition coefficient (Wildman–Crippen LogP) is 3.24. The Balaban J connectivity index is 2.73. The van der Waals surface area contributed by atoms with Crippen molar-refractivity contribution < 1.29 is 28.8 Å². The summed E-state index contributed by atoms with van der Waals surface area (Å²) in [4.78, 5) is 80.0. The number of Topliss-reactive ketones (excluding diaryl/α,β-unsaturated/α-hetero) is 3. The fraction of sp³-hybridized carbons (Fsp3) is 0.750. The lowest BCUT2D eigenvalue weighted by Crippen LogP contribution is -2.48. The van der Waals surface area contributed by atoms with E-state index < -0.39 is 17.8 Å². The van der Waals surface area contributed by atoms with E-state index in [-0.39, 0.29) is 17.3 Å². The van der Waals surface area contributed by atoms with Gasteiger partial charge in [-0.15, -0.1) is 0 Å². The molecule has 0 unspecified atom stereocenters. The highest BCUT2D eigenvalue weighted by Crippen LogP contribution is 2.34. The Kier molecular flexibility index (Phi) is 15.1. The molecule has 0 bridgehead atoms. The Hall–Kier alpha value is -2.85. The van der Waals surface area contributed by atoms with E-state index in [9.17, 15) is 28.8 Å². The van der Waals surface area contributed by atoms with Crippen molar-refractivity contribution in [3.63, 3.8) is 0 Å². The van der Waals surface area contributed by atoms with E-state index >= 15 is 0 Å². The average Bonchev–Trinajstić information content (AvgIpc) is 2.81. The SMILES string of the molecule is O=C=NCCCCCC1C(=O)C(CCCCCN=C=O)C(=O)C(CCCCCN=C=O)C1=O. The second-order valence-corrected chi connectivity index (χ2v) is 8.33. The van der Waals surface area contributed by atoms with Crippen LogP contribution in [0.1, 0.15) is 77.0 Å². The van der Waals surface area contributed by atoms with Gasteiger partial charge in [-0.1, -0.05) is 38.5 Å². The molecule has 1 aliphatic carbocycles. The molecule has 0 amide bonds. The number of hydrogen-bond acceptors (Lipinski definition) is 9. The van der Waals surface area contributed by atoms with Gasteiger partial charge in [-0.25, -0.2) is 29.4 Å². The first kappa shape index (κ1) is 28.2. The van der Waals surface area contributed by atoms with Gasteiger partial charge in [-0.2, -0.15) is 0 Å². The summed E-state index contributed by atoms with van der Waals surface area (Å²) in [6, 6.07) is 0. The van der Waals surface area contributed by atoms with E-state index in [1.54, 1.807) is 0 Å². The minimum absolute atomic E-state index is 0.265. The fourth-order valence-electron chi connectivity index (χ4n) is 4.29. The van der Waals surface area contributed by atoms with Crippen molar-refractivity contribution in [2.24, 2.45) is 32.7 Å². The van der Waals surface area contributed by atoms with Gasteiger partial charge >= 0.3 is 0 Å². The Morgan fingerprint density at radius 2 is 0.727 bits per heavy atom. The first-order chi connectivity index (χ1) is 16.1. The molecule has 9 heteroatoms. The van der Waals surface area contributed by atoms with E-state index in [0.29, 0.717) is 77.4 Å². The highest BCUT2D eigenvalue weighted by atomic mass is 16.2. The highest BCUT2D eigenvalue weighted by molar-refractivity contribution is 6.23. The molecule has 0 saturated heterocycles. The van der Waals surface area contributed by atoms with Gasteiger partial charge < -0.3 is 0 Å². The summed E-state index contributed by atoms with van der Waals surface area (Å²) in [6.07, 6.45) is 11.9. The van der Waals surface area contributed by atoms with Crippen molar-refractivity contribution in [1.29, 1.82) is 0 Å². The van der Waals surface area contributed by atoms with Crippen molar-refractivity contribution in [2.75, 3.05) is 19.6 Å². The molecule has 0 spiro atoms. The van der Waals surface area contributed by atoms with Crippen LogP contribution in [0.2, 0.25) is 0 Å². The number of rotatable bonds is 18. The van der Waals surface area contributed by atoms with E-state index in [1.165, 1.54) is 18.2 Å². The largest absolute Gasteiger partial charge is 0.298 e. The molecule has 33 heavy (non-hydrogen) atoms. The van der Waals surface area contributed by atoms with Crippen LogP contribution >= 0.6 is 0 Å². The predicted molar refractivity (Wildman–Crippen MR) is 120 cm³/mol. The molecule has 180 valence electrons. The maximum absolute atomic E-state index is 13.0. The normalized spacial score (nSPS) is 20.0. The number of hydrogen-bond donors (Lipinski definition) is 0. The van der Waals surface area contributed by atoms with Gasteiger partial charge in [0.1, 0.15) is 0 Å². The van der Waals surface area contributed by atoms with Gasteiger partial charge in [0.05, 0.1) is 37.4 Å². The van der Waals surface area contributed by atoms with Gasteiger partial charge in [0, 0.05) is 0 Å². The van der Waals surface area contributed by atoms with E-state index in [2.05, 4.69) is 15.0 Å². The van der Waals surface area contributed by atoms with Crippen LogP contribution in [0.4, 0.5) is 0 Å². The molecular weight excluding hydrogens is 426 g/mol. The van der Waals surface area contributed by atoms with Crippen LogP contribution in [0, 0.1) is 17.8 Å². The van der Waals surface area contributed by atoms with Crippen LogP contribution in [0.3, 0.4) is 0 Å². The maximum Gasteiger partial charge on any atom is 0.234 e. The summed E-state index contributed by atoms with van der Waals surface area (Å²) in [5.41, 5.74) is 0. The van der Waals surface area contributed by atoms with Crippen molar-refractivity contribution in [3.8, 4) is 0 Å². The van der Waals surface area contributed by atoms with Crippen LogP contribution < -0.4 is 0 Å². The molecular formula is C24H33N3O6. The third-order valence-electron chi connectivity index (χ3n) is 6.04. The van der Waals surface area contributed by atoms with Crippen LogP contribution in [0.15, 0.2) is 15.0 Å². The smallest absolute Gasteiger partial charge is 0.234 e. The molecule has 0 atom stereocenters. The van der Waals surface area contributed by atoms with Crippen LogP contribution in [-0.2, 0) is 28.8 Å². The molecule has 1 saturated carbocycles. The van der Waals surface area contributed by atoms with E-state index in [1.807, 2.05) is 0 Å². The zero-order valence-electron chi connectivity index (χ0n) is 19.1. The minimum atomic E-state index is -0.758. The van der Waals surface area contributed by atoms with Crippen molar-refractivity contribution in [3.05, 3.63) is 0 Å². The number of unbranched alkanes of at least 4 members (excludes halogenated alkanes) is 6. The van der Waals surface area contributed by atoms with Crippen LogP contribution in [0.5, 0.6) is 0 Å². The topological polar surface area (TPSA) is 140 Å². The standard InChI is InChI=1S/C24H33N3O6/c28-16-25-13-7-1-4-10-19-22(31)20(11-5-2-8-14-26-17-29)24(33)21(23(19)32)12-6-3-9-15-27-18-30/h19-21H,1-15H2. The lowest BCUT2D eigenvalue weighted by atomic mass is 9.68. The fourth-order valence-corrected chi connectivity index (χ4v) is 4.29. The Labute approximate surface area is 194 Å². The highest BCUT2D eigenvalue weighted by Gasteiger charge is 2.47. The van der Waals surface area contributed by atoms with Gasteiger partial charge in [-0.3, -0.25) is 14.4 Å². The van der Waals surface area contributed by atoms with Gasteiger partial charge in [0.2, 0.25) is 18.2 Å². The Morgan fingerprint density at radius 1 is 0.455 bits per heavy atom. The summed E-state index contributed by atoms with van der Waals surface area (Å²) in [5.74, 6) is -3.07. The first-order valence-corrected chi connectivity index (χ1v) is 11.8. The molecule has 0 aliphatic heterocycles. The van der Waals surface area contributed by atoms with Crippen molar-refractivity contribution >= 4 is 35.6 Å². The molecule has 9 nitrogen and oxygen atoms in total. The molecule has 1 aliphatic rings. The molecule has 1 fully saturated rings. The monoisotopic (exact) mass is 459 g/mol. The van der Waals surface area contributed by atoms with Gasteiger partial charge in [0.25, 0.3) is 0 Å². The van der Waals surface area contributed by atoms with Crippen LogP contribution in [0.25, 0.3) is 0 Å². The quantitative estimate of drug-likeness (QED) is 0.133. The molecule has 1 rings (SSSR count). The summed E-state index contributed by atoms with van der Waals surface area (Å²) in [6.45, 7) is 1.13. The molecule has 0 aromatic rings. The van der Waals surface area contributed by atoms with Gasteiger partial charge in [-0.05, 0) is 38.5 Å². The summed E-state index contributed by atoms with van der Waals surface area (Å²) < 4.78 is 0. The Morgan fingerprint density at radius 3 is 0.970 bits per heavy atom. The minimum Gasteiger partial charge on any atom is -0.298 e. The Bertz CT molecular complexity index is 669. The first-order valence-electron chi connectivity index (χ1n) is 11.8. The second-order valence-electron chi connectivity index (χ2n) is 8.33. The van der Waals surface area contributed by atoms with Crippen molar-refractivity contribution in [1.82, 2.24) is 0 Å². The molecule has 0 radical (unpaired) electrons. The second kappa shape index (κ2) is 17.7. The zero-order chi connectivity index (χ0) is 24.3. The van der Waals surface area contributed by atoms with Crippen molar-refractivity contribution in [2.45, 2.75) is 77.0 Å². The third-order valence-corrected chi connectivity index (χ3v) is 6.04. The summed E-state index contributed by atoms with van der Waals surface area (Å²) in [5, 5.41) is 0. The average molecular weight is 460 g/mol. The molecule has 0 N–H and O–H groups in total. The number of carbonyl (C=O) groups excluding carboxylic acids is 6. The summed E-state index contributed by atoms with van der Waals surface area (Å²) in [7, 11) is 0. The molecule has 0 aromatic carbocycles. The van der Waals surface area contributed by atoms with E-state index in [4.69, 9.17) is 0 Å². The lowest BCUT2D eigenvalue weighted by molar-refractivity contribution is -0.150. The third kappa shape index (κ3) is 10.5. The van der Waals surface area contributed by atoms with E-state index in [0.717, 1.165) is 19.3 Å². The number of nitrogens with zero attached hydrogens (tertiary/aromatic N) is 3. The number of isocyanates is 3. The molecule has 0 heterocycles. The maximum atomic E-state index is 13.0. The lowest BCUT2D eigenvalue weighted by Gasteiger charge is -2.32. The number of carbonyl (C=O) groups is 3. The molecule has 0 aromatic heterocycles. The van der Waals surface area contributed by atoms with Crippen LogP contribution in [-0.4, -0.2) is 55.2 Å². The zero-order valence-corrected chi connectivity index (χ0v) is 19.1. The number of aliphatic imine (C=N–C) groups is 3.